The first-order valence-electron chi connectivity index (χ1n) is 8.27. The lowest BCUT2D eigenvalue weighted by Gasteiger charge is -2.25. The first kappa shape index (κ1) is 21.9. The van der Waals surface area contributed by atoms with Crippen LogP contribution in [0.25, 0.3) is 0 Å². The average Bonchev–Trinajstić information content (AvgIpc) is 2.66. The molecule has 154 valence electrons. The van der Waals surface area contributed by atoms with E-state index in [1.807, 2.05) is 0 Å². The van der Waals surface area contributed by atoms with E-state index >= 15 is 0 Å². The molecular formula is C18H16F4N4O3. The molecule has 0 fully saturated rings. The van der Waals surface area contributed by atoms with Gasteiger partial charge in [0.2, 0.25) is 0 Å². The van der Waals surface area contributed by atoms with Gasteiger partial charge in [0, 0.05) is 12.6 Å². The number of nitrogens with zero attached hydrogens (tertiary/aromatic N) is 3. The van der Waals surface area contributed by atoms with Gasteiger partial charge < -0.3 is 14.7 Å². The van der Waals surface area contributed by atoms with Crippen LogP contribution in [0.1, 0.15) is 12.5 Å². The second-order valence-electron chi connectivity index (χ2n) is 5.79. The van der Waals surface area contributed by atoms with Gasteiger partial charge in [-0.2, -0.15) is 18.4 Å². The molecule has 0 spiro atoms. The van der Waals surface area contributed by atoms with E-state index in [0.29, 0.717) is 0 Å². The molecule has 0 saturated heterocycles. The molecule has 0 aliphatic rings. The van der Waals surface area contributed by atoms with Crippen molar-refractivity contribution >= 4 is 11.8 Å². The van der Waals surface area contributed by atoms with E-state index in [2.05, 4.69) is 10.3 Å². The standard InChI is InChI=1S/C18H16F4N4O3/c1-2-26(10-15(27)18(20,21)22)17(28)25-16-4-3-13(9-24-16)29-14-6-11(8-23)5-12(19)7-14/h3-7,9,15,27H,2,10H2,1H3,(H,24,25,28)/t15-/m1/s1. The number of likely N-dealkylation sites (N-methyl/N-ethyl adjacent to an activating group) is 1. The van der Waals surface area contributed by atoms with E-state index in [4.69, 9.17) is 15.1 Å². The molecular weight excluding hydrogens is 396 g/mol. The van der Waals surface area contributed by atoms with Gasteiger partial charge in [-0.05, 0) is 31.2 Å². The summed E-state index contributed by atoms with van der Waals surface area (Å²) in [6.45, 7) is 0.469. The molecule has 2 rings (SSSR count). The van der Waals surface area contributed by atoms with Crippen LogP contribution in [0.5, 0.6) is 11.5 Å². The van der Waals surface area contributed by atoms with Crippen molar-refractivity contribution in [2.45, 2.75) is 19.2 Å². The molecule has 2 aromatic rings. The normalized spacial score (nSPS) is 12.0. The highest BCUT2D eigenvalue weighted by atomic mass is 19.4. The number of alkyl halides is 3. The third-order valence-corrected chi connectivity index (χ3v) is 3.65. The number of benzene rings is 1. The second-order valence-corrected chi connectivity index (χ2v) is 5.79. The topological polar surface area (TPSA) is 98.5 Å². The molecule has 11 heteroatoms. The van der Waals surface area contributed by atoms with E-state index in [1.54, 1.807) is 6.07 Å². The molecule has 1 aromatic heterocycles. The number of carbonyl (C=O) groups excluding carboxylic acids is 1. The fraction of sp³-hybridized carbons (Fsp3) is 0.278. The van der Waals surface area contributed by atoms with Crippen molar-refractivity contribution in [1.82, 2.24) is 9.88 Å². The zero-order chi connectivity index (χ0) is 21.6. The van der Waals surface area contributed by atoms with Crippen LogP contribution >= 0.6 is 0 Å². The lowest BCUT2D eigenvalue weighted by molar-refractivity contribution is -0.206. The Kier molecular flexibility index (Phi) is 6.95. The van der Waals surface area contributed by atoms with Crippen LogP contribution in [0.3, 0.4) is 0 Å². The summed E-state index contributed by atoms with van der Waals surface area (Å²) in [6.07, 6.45) is -6.30. The Balaban J connectivity index is 2.02. The van der Waals surface area contributed by atoms with Crippen LogP contribution < -0.4 is 10.1 Å². The Morgan fingerprint density at radius 3 is 2.62 bits per heavy atom. The largest absolute Gasteiger partial charge is 0.456 e. The molecule has 0 bridgehead atoms. The Bertz CT molecular complexity index is 897. The fourth-order valence-electron chi connectivity index (χ4n) is 2.19. The van der Waals surface area contributed by atoms with Crippen LogP contribution in [-0.2, 0) is 0 Å². The first-order chi connectivity index (χ1) is 13.6. The number of anilines is 1. The minimum Gasteiger partial charge on any atom is -0.456 e. The number of aliphatic hydroxyl groups excluding tert-OH is 1. The number of hydrogen-bond acceptors (Lipinski definition) is 5. The number of nitriles is 1. The summed E-state index contributed by atoms with van der Waals surface area (Å²) in [6, 6.07) is 7.06. The SMILES string of the molecule is CCN(C[C@@H](O)C(F)(F)F)C(=O)Nc1ccc(Oc2cc(F)cc(C#N)c2)cn1. The summed E-state index contributed by atoms with van der Waals surface area (Å²) in [7, 11) is 0. The van der Waals surface area contributed by atoms with Crippen molar-refractivity contribution in [3.63, 3.8) is 0 Å². The third kappa shape index (κ3) is 6.32. The van der Waals surface area contributed by atoms with Crippen molar-refractivity contribution < 1.29 is 32.2 Å². The number of pyridine rings is 1. The smallest absolute Gasteiger partial charge is 0.416 e. The van der Waals surface area contributed by atoms with Gasteiger partial charge in [0.15, 0.2) is 6.10 Å². The van der Waals surface area contributed by atoms with E-state index in [1.165, 1.54) is 31.3 Å². The van der Waals surface area contributed by atoms with Gasteiger partial charge in [0.1, 0.15) is 23.1 Å². The molecule has 2 amide bonds. The molecule has 0 aliphatic heterocycles. The third-order valence-electron chi connectivity index (χ3n) is 3.65. The molecule has 0 saturated carbocycles. The summed E-state index contributed by atoms with van der Waals surface area (Å²) >= 11 is 0. The Hall–Kier alpha value is -3.39. The summed E-state index contributed by atoms with van der Waals surface area (Å²) in [5, 5.41) is 20.2. The summed E-state index contributed by atoms with van der Waals surface area (Å²) in [4.78, 5) is 16.8. The predicted octanol–water partition coefficient (Wildman–Crippen LogP) is 3.66. The van der Waals surface area contributed by atoms with Crippen molar-refractivity contribution in [2.75, 3.05) is 18.4 Å². The number of nitrogens with one attached hydrogen (secondary N) is 1. The van der Waals surface area contributed by atoms with E-state index < -0.39 is 30.7 Å². The van der Waals surface area contributed by atoms with E-state index in [-0.39, 0.29) is 29.4 Å². The molecule has 1 atom stereocenters. The number of hydrogen-bond donors (Lipinski definition) is 2. The van der Waals surface area contributed by atoms with Crippen LogP contribution in [0.2, 0.25) is 0 Å². The molecule has 0 unspecified atom stereocenters. The predicted molar refractivity (Wildman–Crippen MR) is 93.8 cm³/mol. The highest BCUT2D eigenvalue weighted by Crippen LogP contribution is 2.24. The number of carbonyl (C=O) groups is 1. The van der Waals surface area contributed by atoms with Gasteiger partial charge in [-0.15, -0.1) is 0 Å². The summed E-state index contributed by atoms with van der Waals surface area (Å²) < 4.78 is 56.2. The van der Waals surface area contributed by atoms with E-state index in [9.17, 15) is 22.4 Å². The Labute approximate surface area is 163 Å². The average molecular weight is 412 g/mol. The monoisotopic (exact) mass is 412 g/mol. The van der Waals surface area contributed by atoms with Crippen LogP contribution in [-0.4, -0.2) is 46.4 Å². The molecule has 0 aliphatic carbocycles. The number of aliphatic hydroxyl groups is 1. The number of aromatic nitrogens is 1. The lowest BCUT2D eigenvalue weighted by atomic mass is 10.2. The maximum Gasteiger partial charge on any atom is 0.416 e. The number of rotatable bonds is 6. The second kappa shape index (κ2) is 9.20. The molecule has 7 nitrogen and oxygen atoms in total. The fourth-order valence-corrected chi connectivity index (χ4v) is 2.19. The number of amides is 2. The molecule has 0 radical (unpaired) electrons. The zero-order valence-corrected chi connectivity index (χ0v) is 15.1. The van der Waals surface area contributed by atoms with Crippen molar-refractivity contribution in [2.24, 2.45) is 0 Å². The Morgan fingerprint density at radius 1 is 1.34 bits per heavy atom. The van der Waals surface area contributed by atoms with Gasteiger partial charge in [-0.1, -0.05) is 0 Å². The minimum atomic E-state index is -4.84. The van der Waals surface area contributed by atoms with Crippen molar-refractivity contribution in [3.8, 4) is 17.6 Å². The minimum absolute atomic E-state index is 0.0271. The summed E-state index contributed by atoms with van der Waals surface area (Å²) in [5.41, 5.74) is 0.0672. The molecule has 29 heavy (non-hydrogen) atoms. The van der Waals surface area contributed by atoms with Crippen LogP contribution in [0, 0.1) is 17.1 Å². The Morgan fingerprint density at radius 2 is 2.07 bits per heavy atom. The van der Waals surface area contributed by atoms with Crippen LogP contribution in [0.15, 0.2) is 36.5 Å². The molecule has 1 heterocycles. The number of ether oxygens (including phenoxy) is 1. The highest BCUT2D eigenvalue weighted by Gasteiger charge is 2.39. The quantitative estimate of drug-likeness (QED) is 0.706. The van der Waals surface area contributed by atoms with Gasteiger partial charge in [-0.3, -0.25) is 5.32 Å². The zero-order valence-electron chi connectivity index (χ0n) is 15.1. The van der Waals surface area contributed by atoms with Crippen molar-refractivity contribution in [3.05, 3.63) is 47.9 Å². The van der Waals surface area contributed by atoms with Crippen LogP contribution in [0.4, 0.5) is 28.2 Å². The van der Waals surface area contributed by atoms with Crippen molar-refractivity contribution in [1.29, 1.82) is 5.26 Å². The molecule has 1 aromatic carbocycles. The van der Waals surface area contributed by atoms with Gasteiger partial charge in [0.05, 0.1) is 24.4 Å². The molecule has 2 N–H and O–H groups in total. The summed E-state index contributed by atoms with van der Waals surface area (Å²) in [5.74, 6) is -0.383. The first-order valence-corrected chi connectivity index (χ1v) is 8.27. The van der Waals surface area contributed by atoms with Gasteiger partial charge in [-0.25, -0.2) is 14.2 Å². The number of halogens is 4. The highest BCUT2D eigenvalue weighted by molar-refractivity contribution is 5.88. The maximum atomic E-state index is 13.4. The maximum absolute atomic E-state index is 13.4. The van der Waals surface area contributed by atoms with E-state index in [0.717, 1.165) is 17.0 Å². The van der Waals surface area contributed by atoms with Gasteiger partial charge >= 0.3 is 12.2 Å². The number of urea groups is 1. The lowest BCUT2D eigenvalue weighted by Crippen LogP contribution is -2.45. The van der Waals surface area contributed by atoms with Gasteiger partial charge in [0.25, 0.3) is 0 Å².